The fourth-order valence-electron chi connectivity index (χ4n) is 1.15. The molecule has 1 heterocycles. The van der Waals surface area contributed by atoms with E-state index in [4.69, 9.17) is 10.2 Å². The van der Waals surface area contributed by atoms with Crippen molar-refractivity contribution in [3.8, 4) is 0 Å². The number of quaternary nitrogens is 1. The van der Waals surface area contributed by atoms with Crippen molar-refractivity contribution in [3.63, 3.8) is 0 Å². The number of rotatable bonds is 1. The normalized spacial score (nSPS) is 33.7. The van der Waals surface area contributed by atoms with E-state index in [0.717, 1.165) is 0 Å². The number of nitrogens with two attached hydrogens (primary N) is 1. The molecule has 1 aliphatic rings. The van der Waals surface area contributed by atoms with Gasteiger partial charge in [0.2, 0.25) is 0 Å². The monoisotopic (exact) mass is 146 g/mol. The molecule has 1 aliphatic heterocycles. The number of carboxylic acid groups (broad SMARTS) is 1. The lowest BCUT2D eigenvalue weighted by molar-refractivity contribution is -0.692. The van der Waals surface area contributed by atoms with E-state index in [-0.39, 0.29) is 12.1 Å². The average Bonchev–Trinajstić information content (AvgIpc) is 1.88. The van der Waals surface area contributed by atoms with Crippen molar-refractivity contribution in [1.82, 2.24) is 0 Å². The highest BCUT2D eigenvalue weighted by molar-refractivity contribution is 5.71. The third-order valence-corrected chi connectivity index (χ3v) is 1.82. The van der Waals surface area contributed by atoms with Crippen molar-refractivity contribution in [3.05, 3.63) is 0 Å². The van der Waals surface area contributed by atoms with Crippen molar-refractivity contribution in [1.29, 1.82) is 0 Å². The van der Waals surface area contributed by atoms with Gasteiger partial charge in [0.05, 0.1) is 0 Å². The first-order valence-electron chi connectivity index (χ1n) is 3.44. The van der Waals surface area contributed by atoms with Crippen molar-refractivity contribution in [2.45, 2.75) is 25.0 Å². The summed E-state index contributed by atoms with van der Waals surface area (Å²) in [5, 5.41) is 19.2. The Morgan fingerprint density at radius 1 is 1.50 bits per heavy atom. The number of carboxylic acids is 1. The van der Waals surface area contributed by atoms with Gasteiger partial charge in [-0.3, -0.25) is 0 Å². The summed E-state index contributed by atoms with van der Waals surface area (Å²) in [6.07, 6.45) is 0.889. The van der Waals surface area contributed by atoms with Gasteiger partial charge in [-0.1, -0.05) is 0 Å². The summed E-state index contributed by atoms with van der Waals surface area (Å²) in [6.45, 7) is 0.525. The molecule has 0 aromatic rings. The molecule has 0 spiro atoms. The lowest BCUT2D eigenvalue weighted by atomic mass is 10.0. The Kier molecular flexibility index (Phi) is 2.24. The first kappa shape index (κ1) is 7.50. The Hall–Kier alpha value is -0.610. The second-order valence-corrected chi connectivity index (χ2v) is 2.65. The smallest absolute Gasteiger partial charge is 0.362 e. The van der Waals surface area contributed by atoms with E-state index < -0.39 is 5.97 Å². The maximum atomic E-state index is 10.3. The van der Waals surface area contributed by atoms with Gasteiger partial charge >= 0.3 is 5.97 Å². The summed E-state index contributed by atoms with van der Waals surface area (Å²) in [6, 6.07) is -0.330. The van der Waals surface area contributed by atoms with Gasteiger partial charge in [-0.15, -0.1) is 0 Å². The predicted molar refractivity (Wildman–Crippen MR) is 33.5 cm³/mol. The maximum Gasteiger partial charge on any atom is 0.362 e. The van der Waals surface area contributed by atoms with Crippen LogP contribution in [0.5, 0.6) is 0 Å². The van der Waals surface area contributed by atoms with Crippen LogP contribution in [0, 0.1) is 0 Å². The van der Waals surface area contributed by atoms with E-state index in [1.54, 1.807) is 5.32 Å². The number of hydrogen-bond acceptors (Lipinski definition) is 2. The first-order chi connectivity index (χ1) is 4.70. The average molecular weight is 146 g/mol. The summed E-state index contributed by atoms with van der Waals surface area (Å²) in [4.78, 5) is 10.3. The van der Waals surface area contributed by atoms with Gasteiger partial charge in [0, 0.05) is 6.42 Å². The molecule has 1 saturated heterocycles. The summed E-state index contributed by atoms with van der Waals surface area (Å²) in [5.74, 6) is -0.771. The van der Waals surface area contributed by atoms with Gasteiger partial charge in [0.1, 0.15) is 12.6 Å². The predicted octanol–water partition coefficient (Wildman–Crippen LogP) is -1.84. The number of aliphatic hydroxyl groups excluding tert-OH is 1. The van der Waals surface area contributed by atoms with E-state index in [0.29, 0.717) is 19.4 Å². The molecule has 0 radical (unpaired) electrons. The quantitative estimate of drug-likeness (QED) is 0.407. The van der Waals surface area contributed by atoms with Gasteiger partial charge < -0.3 is 15.5 Å². The van der Waals surface area contributed by atoms with E-state index in [9.17, 15) is 4.79 Å². The van der Waals surface area contributed by atoms with Crippen LogP contribution in [0.3, 0.4) is 0 Å². The minimum Gasteiger partial charge on any atom is -0.477 e. The number of carbonyl (C=O) groups is 1. The third kappa shape index (κ3) is 1.68. The van der Waals surface area contributed by atoms with Crippen LogP contribution < -0.4 is 5.32 Å². The van der Waals surface area contributed by atoms with Gasteiger partial charge in [-0.05, 0) is 6.42 Å². The molecule has 0 unspecified atom stereocenters. The van der Waals surface area contributed by atoms with Gasteiger partial charge in [0.25, 0.3) is 0 Å². The highest BCUT2D eigenvalue weighted by atomic mass is 16.4. The largest absolute Gasteiger partial charge is 0.477 e. The van der Waals surface area contributed by atoms with Crippen LogP contribution in [-0.2, 0) is 4.79 Å². The minimum absolute atomic E-state index is 0.310. The zero-order chi connectivity index (χ0) is 7.56. The molecule has 0 saturated carbocycles. The van der Waals surface area contributed by atoms with Crippen molar-refractivity contribution >= 4 is 5.97 Å². The van der Waals surface area contributed by atoms with Gasteiger partial charge in [0.15, 0.2) is 6.04 Å². The standard InChI is InChI=1S/C6H11NO3/c8-4-1-2-5(6(9)10)7-3-4/h4-5,7-8H,1-3H2,(H,9,10)/p+1/t4-,5-/m0/s1. The van der Waals surface area contributed by atoms with Gasteiger partial charge in [-0.2, -0.15) is 0 Å². The highest BCUT2D eigenvalue weighted by Gasteiger charge is 2.27. The zero-order valence-corrected chi connectivity index (χ0v) is 5.66. The first-order valence-corrected chi connectivity index (χ1v) is 3.44. The Balaban J connectivity index is 2.33. The summed E-state index contributed by atoms with van der Waals surface area (Å²) in [7, 11) is 0. The molecule has 4 heteroatoms. The van der Waals surface area contributed by atoms with Crippen LogP contribution in [-0.4, -0.2) is 34.9 Å². The molecule has 1 rings (SSSR count). The molecule has 0 aliphatic carbocycles. The number of aliphatic hydroxyl groups is 1. The second-order valence-electron chi connectivity index (χ2n) is 2.65. The van der Waals surface area contributed by atoms with Crippen LogP contribution in [0.25, 0.3) is 0 Å². The molecule has 0 amide bonds. The van der Waals surface area contributed by atoms with Crippen LogP contribution in [0.4, 0.5) is 0 Å². The maximum absolute atomic E-state index is 10.3. The van der Waals surface area contributed by atoms with Crippen molar-refractivity contribution in [2.75, 3.05) is 6.54 Å². The summed E-state index contributed by atoms with van der Waals surface area (Å²) in [5.41, 5.74) is 0. The van der Waals surface area contributed by atoms with E-state index in [2.05, 4.69) is 0 Å². The van der Waals surface area contributed by atoms with Crippen LogP contribution in [0.1, 0.15) is 12.8 Å². The number of piperidine rings is 1. The van der Waals surface area contributed by atoms with Crippen molar-refractivity contribution in [2.24, 2.45) is 0 Å². The fraction of sp³-hybridized carbons (Fsp3) is 0.833. The Morgan fingerprint density at radius 3 is 2.60 bits per heavy atom. The number of aliphatic carboxylic acids is 1. The Morgan fingerprint density at radius 2 is 2.20 bits per heavy atom. The summed E-state index contributed by atoms with van der Waals surface area (Å²) >= 11 is 0. The number of hydrogen-bond donors (Lipinski definition) is 3. The lowest BCUT2D eigenvalue weighted by Gasteiger charge is -2.20. The molecular weight excluding hydrogens is 134 g/mol. The molecule has 4 nitrogen and oxygen atoms in total. The zero-order valence-electron chi connectivity index (χ0n) is 5.66. The molecular formula is C6H12NO3+. The SMILES string of the molecule is O=C(O)[C@@H]1CC[C@H](O)C[NH2+]1. The summed E-state index contributed by atoms with van der Waals surface area (Å²) < 4.78 is 0. The topological polar surface area (TPSA) is 74.1 Å². The molecule has 58 valence electrons. The molecule has 0 bridgehead atoms. The minimum atomic E-state index is -0.771. The highest BCUT2D eigenvalue weighted by Crippen LogP contribution is 2.01. The van der Waals surface area contributed by atoms with Crippen LogP contribution in [0.15, 0.2) is 0 Å². The molecule has 0 aromatic carbocycles. The van der Waals surface area contributed by atoms with Crippen LogP contribution >= 0.6 is 0 Å². The van der Waals surface area contributed by atoms with E-state index >= 15 is 0 Å². The molecule has 0 aromatic heterocycles. The molecule has 4 N–H and O–H groups in total. The molecule has 10 heavy (non-hydrogen) atoms. The van der Waals surface area contributed by atoms with Crippen LogP contribution in [0.2, 0.25) is 0 Å². The molecule has 1 fully saturated rings. The lowest BCUT2D eigenvalue weighted by Crippen LogP contribution is -2.95. The third-order valence-electron chi connectivity index (χ3n) is 1.82. The Bertz CT molecular complexity index is 129. The Labute approximate surface area is 58.9 Å². The fourth-order valence-corrected chi connectivity index (χ4v) is 1.15. The van der Waals surface area contributed by atoms with Crippen molar-refractivity contribution < 1.29 is 20.3 Å². The van der Waals surface area contributed by atoms with E-state index in [1.807, 2.05) is 0 Å². The van der Waals surface area contributed by atoms with Gasteiger partial charge in [-0.25, -0.2) is 4.79 Å². The second kappa shape index (κ2) is 2.98. The molecule has 2 atom stereocenters. The van der Waals surface area contributed by atoms with E-state index in [1.165, 1.54) is 0 Å².